The number of rotatable bonds is 3. The summed E-state index contributed by atoms with van der Waals surface area (Å²) in [4.78, 5) is 15.8. The number of aromatic nitrogens is 2. The van der Waals surface area contributed by atoms with E-state index in [0.29, 0.717) is 33.5 Å². The number of sulfonamides is 1. The van der Waals surface area contributed by atoms with E-state index < -0.39 is 14.9 Å². The third-order valence-electron chi connectivity index (χ3n) is 2.85. The number of para-hydroxylation sites is 1. The maximum atomic E-state index is 12.2. The lowest BCUT2D eigenvalue weighted by Crippen LogP contribution is -2.11. The van der Waals surface area contributed by atoms with Crippen molar-refractivity contribution in [1.29, 1.82) is 5.26 Å². The van der Waals surface area contributed by atoms with Gasteiger partial charge in [0.05, 0.1) is 16.8 Å². The first-order valence-electron chi connectivity index (χ1n) is 5.73. The van der Waals surface area contributed by atoms with Gasteiger partial charge in [0.15, 0.2) is 4.21 Å². The quantitative estimate of drug-likeness (QED) is 0.679. The zero-order valence-corrected chi connectivity index (χ0v) is 12.0. The summed E-state index contributed by atoms with van der Waals surface area (Å²) in [5.41, 5.74) is 1.26. The molecule has 0 radical (unpaired) electrons. The molecule has 1 aromatic carbocycles. The van der Waals surface area contributed by atoms with Crippen molar-refractivity contribution in [2.75, 3.05) is 4.72 Å². The topological polar surface area (TPSA) is 119 Å². The summed E-state index contributed by atoms with van der Waals surface area (Å²) in [5.74, 6) is 0. The average Bonchev–Trinajstić information content (AvgIpc) is 3.05. The number of anilines is 1. The fraction of sp³-hybridized carbons (Fsp3) is 0. The number of fused-ring (bicyclic) bond motifs is 1. The van der Waals surface area contributed by atoms with E-state index in [0.717, 1.165) is 6.20 Å². The van der Waals surface area contributed by atoms with Crippen LogP contribution >= 0.6 is 11.3 Å². The first-order valence-corrected chi connectivity index (χ1v) is 8.03. The fourth-order valence-corrected chi connectivity index (χ4v) is 3.91. The smallest absolute Gasteiger partial charge is 0.305 e. The van der Waals surface area contributed by atoms with Crippen molar-refractivity contribution in [2.45, 2.75) is 4.21 Å². The van der Waals surface area contributed by atoms with E-state index in [-0.39, 0.29) is 4.21 Å². The first kappa shape index (κ1) is 13.4. The van der Waals surface area contributed by atoms with Crippen molar-refractivity contribution < 1.29 is 8.42 Å². The van der Waals surface area contributed by atoms with Crippen LogP contribution < -0.4 is 9.60 Å². The Morgan fingerprint density at radius 3 is 2.71 bits per heavy atom. The van der Waals surface area contributed by atoms with Gasteiger partial charge in [-0.2, -0.15) is 5.26 Å². The van der Waals surface area contributed by atoms with Crippen LogP contribution in [0, 0.1) is 11.3 Å². The maximum absolute atomic E-state index is 12.2. The third-order valence-corrected chi connectivity index (χ3v) is 5.51. The van der Waals surface area contributed by atoms with Crippen molar-refractivity contribution in [3.05, 3.63) is 45.8 Å². The largest absolute Gasteiger partial charge is 0.358 e. The Morgan fingerprint density at radius 2 is 2.05 bits per heavy atom. The van der Waals surface area contributed by atoms with Crippen LogP contribution in [0.25, 0.3) is 10.9 Å². The number of hydrogen-bond acceptors (Lipinski definition) is 5. The van der Waals surface area contributed by atoms with Gasteiger partial charge in [0.2, 0.25) is 0 Å². The van der Waals surface area contributed by atoms with Crippen LogP contribution in [0.15, 0.2) is 39.6 Å². The molecule has 21 heavy (non-hydrogen) atoms. The molecule has 0 atom stereocenters. The van der Waals surface area contributed by atoms with E-state index in [1.54, 1.807) is 18.2 Å². The van der Waals surface area contributed by atoms with Crippen LogP contribution in [-0.2, 0) is 10.0 Å². The lowest BCUT2D eigenvalue weighted by Gasteiger charge is -2.06. The van der Waals surface area contributed by atoms with E-state index >= 15 is 0 Å². The van der Waals surface area contributed by atoms with Gasteiger partial charge < -0.3 is 9.97 Å². The summed E-state index contributed by atoms with van der Waals surface area (Å²) < 4.78 is 26.7. The van der Waals surface area contributed by atoms with Gasteiger partial charge in [-0.15, -0.1) is 0 Å². The summed E-state index contributed by atoms with van der Waals surface area (Å²) in [6.07, 6.45) is 2.65. The molecule has 3 rings (SSSR count). The molecule has 0 aliphatic carbocycles. The summed E-state index contributed by atoms with van der Waals surface area (Å²) in [5, 5.41) is 9.61. The molecule has 106 valence electrons. The number of H-pyrrole nitrogens is 2. The Labute approximate surface area is 122 Å². The maximum Gasteiger partial charge on any atom is 0.305 e. The van der Waals surface area contributed by atoms with E-state index in [1.165, 1.54) is 6.20 Å². The number of hydrogen-bond donors (Lipinski definition) is 3. The second-order valence-corrected chi connectivity index (χ2v) is 7.07. The van der Waals surface area contributed by atoms with Crippen LogP contribution in [0.4, 0.5) is 5.69 Å². The molecule has 3 aromatic rings. The number of nitrogens with zero attached hydrogens (tertiary/aromatic N) is 1. The van der Waals surface area contributed by atoms with E-state index in [9.17, 15) is 13.2 Å². The number of aromatic amines is 2. The molecule has 0 saturated carbocycles. The first-order chi connectivity index (χ1) is 10.0. The zero-order valence-electron chi connectivity index (χ0n) is 10.4. The summed E-state index contributed by atoms with van der Waals surface area (Å²) in [6, 6.07) is 6.97. The number of thiazole rings is 1. The minimum atomic E-state index is -3.85. The molecule has 0 aliphatic rings. The Morgan fingerprint density at radius 1 is 1.24 bits per heavy atom. The van der Waals surface area contributed by atoms with Crippen molar-refractivity contribution in [1.82, 2.24) is 9.97 Å². The average molecular weight is 320 g/mol. The van der Waals surface area contributed by atoms with Gasteiger partial charge in [-0.05, 0) is 6.07 Å². The Balaban J connectivity index is 2.08. The molecule has 3 N–H and O–H groups in total. The van der Waals surface area contributed by atoms with E-state index in [1.807, 2.05) is 6.07 Å². The predicted molar refractivity (Wildman–Crippen MR) is 78.8 cm³/mol. The normalized spacial score (nSPS) is 11.4. The molecule has 0 spiro atoms. The van der Waals surface area contributed by atoms with Gasteiger partial charge in [0.25, 0.3) is 10.0 Å². The molecule has 0 unspecified atom stereocenters. The summed E-state index contributed by atoms with van der Waals surface area (Å²) in [7, 11) is -3.85. The van der Waals surface area contributed by atoms with Crippen molar-refractivity contribution in [3.63, 3.8) is 0 Å². The van der Waals surface area contributed by atoms with Gasteiger partial charge in [-0.25, -0.2) is 8.42 Å². The summed E-state index contributed by atoms with van der Waals surface area (Å²) >= 11 is 0.605. The highest BCUT2D eigenvalue weighted by Gasteiger charge is 2.19. The van der Waals surface area contributed by atoms with Crippen molar-refractivity contribution in [3.8, 4) is 6.07 Å². The van der Waals surface area contributed by atoms with Gasteiger partial charge >= 0.3 is 4.87 Å². The Hall–Kier alpha value is -2.57. The highest BCUT2D eigenvalue weighted by Crippen LogP contribution is 2.27. The zero-order chi connectivity index (χ0) is 15.0. The molecular formula is C12H8N4O3S2. The van der Waals surface area contributed by atoms with Gasteiger partial charge in [-0.3, -0.25) is 9.52 Å². The van der Waals surface area contributed by atoms with Crippen LogP contribution in [-0.4, -0.2) is 18.4 Å². The van der Waals surface area contributed by atoms with Crippen LogP contribution in [0.5, 0.6) is 0 Å². The van der Waals surface area contributed by atoms with Gasteiger partial charge in [-0.1, -0.05) is 23.5 Å². The van der Waals surface area contributed by atoms with E-state index in [2.05, 4.69) is 14.7 Å². The highest BCUT2D eigenvalue weighted by molar-refractivity contribution is 7.94. The molecule has 2 heterocycles. The third kappa shape index (κ3) is 2.31. The molecule has 0 aliphatic heterocycles. The molecule has 0 bridgehead atoms. The summed E-state index contributed by atoms with van der Waals surface area (Å²) in [6.45, 7) is 0. The Kier molecular flexibility index (Phi) is 3.04. The highest BCUT2D eigenvalue weighted by atomic mass is 32.2. The monoisotopic (exact) mass is 320 g/mol. The SMILES string of the molecule is N#Cc1c[nH]c2c(NS(=O)(=O)c3c[nH]c(=O)s3)cccc12. The number of nitriles is 1. The lowest BCUT2D eigenvalue weighted by atomic mass is 10.2. The molecule has 0 saturated heterocycles. The second-order valence-electron chi connectivity index (χ2n) is 4.15. The standard InChI is InChI=1S/C12H8N4O3S2/c13-4-7-5-14-11-8(7)2-1-3-9(11)16-21(18,19)10-6-15-12(17)20-10/h1-3,5-6,14,16H,(H,15,17). The Bertz CT molecular complexity index is 1020. The van der Waals surface area contributed by atoms with Gasteiger partial charge in [0, 0.05) is 17.8 Å². The number of nitrogens with one attached hydrogen (secondary N) is 3. The van der Waals surface area contributed by atoms with Gasteiger partial charge in [0.1, 0.15) is 6.07 Å². The lowest BCUT2D eigenvalue weighted by molar-refractivity contribution is 0.603. The van der Waals surface area contributed by atoms with Crippen LogP contribution in [0.3, 0.4) is 0 Å². The molecular weight excluding hydrogens is 312 g/mol. The molecule has 0 fully saturated rings. The molecule has 0 amide bonds. The van der Waals surface area contributed by atoms with Crippen molar-refractivity contribution in [2.24, 2.45) is 0 Å². The minimum Gasteiger partial charge on any atom is -0.358 e. The minimum absolute atomic E-state index is 0.100. The fourth-order valence-electron chi connectivity index (χ4n) is 1.93. The second kappa shape index (κ2) is 4.76. The molecule has 9 heteroatoms. The van der Waals surface area contributed by atoms with Crippen molar-refractivity contribution >= 4 is 38.0 Å². The van der Waals surface area contributed by atoms with E-state index in [4.69, 9.17) is 5.26 Å². The number of benzene rings is 1. The predicted octanol–water partition coefficient (Wildman–Crippen LogP) is 1.59. The molecule has 2 aromatic heterocycles. The van der Waals surface area contributed by atoms with Crippen LogP contribution in [0.2, 0.25) is 0 Å². The molecule has 7 nitrogen and oxygen atoms in total. The van der Waals surface area contributed by atoms with Crippen LogP contribution in [0.1, 0.15) is 5.56 Å².